The van der Waals surface area contributed by atoms with Crippen LogP contribution in [0.25, 0.3) is 0 Å². The van der Waals surface area contributed by atoms with E-state index in [2.05, 4.69) is 41.9 Å². The van der Waals surface area contributed by atoms with E-state index in [0.717, 1.165) is 10.9 Å². The quantitative estimate of drug-likeness (QED) is 0.715. The monoisotopic (exact) mass is 353 g/mol. The van der Waals surface area contributed by atoms with E-state index in [4.69, 9.17) is 4.74 Å². The van der Waals surface area contributed by atoms with Gasteiger partial charge in [0.15, 0.2) is 0 Å². The molecule has 0 saturated heterocycles. The average molecular weight is 354 g/mol. The topological polar surface area (TPSA) is 29.5 Å². The van der Waals surface area contributed by atoms with Crippen molar-refractivity contribution in [3.8, 4) is 0 Å². The summed E-state index contributed by atoms with van der Waals surface area (Å²) in [7, 11) is 0. The van der Waals surface area contributed by atoms with Crippen LogP contribution in [0.4, 0.5) is 4.79 Å². The highest BCUT2D eigenvalue weighted by molar-refractivity contribution is 9.10. The van der Waals surface area contributed by atoms with Crippen LogP contribution < -0.4 is 0 Å². The van der Waals surface area contributed by atoms with Gasteiger partial charge in [0.25, 0.3) is 0 Å². The molecule has 0 aromatic heterocycles. The second kappa shape index (κ2) is 5.99. The van der Waals surface area contributed by atoms with Gasteiger partial charge in [-0.3, -0.25) is 0 Å². The Labute approximate surface area is 135 Å². The van der Waals surface area contributed by atoms with Crippen molar-refractivity contribution in [2.75, 3.05) is 6.54 Å². The number of halogens is 1. The van der Waals surface area contributed by atoms with E-state index in [9.17, 15) is 4.79 Å². The number of hydrogen-bond acceptors (Lipinski definition) is 2. The lowest BCUT2D eigenvalue weighted by Crippen LogP contribution is -2.44. The normalized spacial score (nSPS) is 18.6. The molecular weight excluding hydrogens is 330 g/mol. The number of nitrogens with zero attached hydrogens (tertiary/aromatic N) is 1. The summed E-state index contributed by atoms with van der Waals surface area (Å²) >= 11 is 3.53. The molecule has 1 aromatic carbocycles. The summed E-state index contributed by atoms with van der Waals surface area (Å²) in [6.45, 7) is 10.7. The Morgan fingerprint density at radius 3 is 2.62 bits per heavy atom. The number of carbonyl (C=O) groups is 1. The van der Waals surface area contributed by atoms with Crippen LogP contribution in [0.3, 0.4) is 0 Å². The summed E-state index contributed by atoms with van der Waals surface area (Å²) in [5.74, 6) is 0.345. The molecule has 21 heavy (non-hydrogen) atoms. The first-order valence-electron chi connectivity index (χ1n) is 7.47. The largest absolute Gasteiger partial charge is 0.444 e. The molecule has 0 spiro atoms. The van der Waals surface area contributed by atoms with Gasteiger partial charge >= 0.3 is 6.09 Å². The molecule has 3 nitrogen and oxygen atoms in total. The van der Waals surface area contributed by atoms with Crippen LogP contribution >= 0.6 is 15.9 Å². The molecule has 1 aromatic rings. The highest BCUT2D eigenvalue weighted by atomic mass is 79.9. The molecule has 1 heterocycles. The van der Waals surface area contributed by atoms with Gasteiger partial charge in [-0.15, -0.1) is 0 Å². The number of benzene rings is 1. The SMILES string of the molecule is CC(C)C1c2ccc(Br)cc2CCN1C(=O)OC(C)(C)C. The zero-order chi connectivity index (χ0) is 15.8. The first kappa shape index (κ1) is 16.3. The van der Waals surface area contributed by atoms with Crippen LogP contribution in [0.2, 0.25) is 0 Å². The molecule has 0 fully saturated rings. The molecule has 0 saturated carbocycles. The zero-order valence-corrected chi connectivity index (χ0v) is 15.0. The fraction of sp³-hybridized carbons (Fsp3) is 0.588. The molecule has 1 aliphatic heterocycles. The highest BCUT2D eigenvalue weighted by Crippen LogP contribution is 2.37. The van der Waals surface area contributed by atoms with Crippen LogP contribution in [0.5, 0.6) is 0 Å². The Bertz CT molecular complexity index is 534. The minimum absolute atomic E-state index is 0.0803. The molecule has 0 aliphatic carbocycles. The van der Waals surface area contributed by atoms with E-state index in [1.54, 1.807) is 0 Å². The lowest BCUT2D eigenvalue weighted by atomic mass is 9.86. The predicted molar refractivity (Wildman–Crippen MR) is 88.4 cm³/mol. The average Bonchev–Trinajstić information content (AvgIpc) is 2.34. The summed E-state index contributed by atoms with van der Waals surface area (Å²) in [6.07, 6.45) is 0.659. The lowest BCUT2D eigenvalue weighted by molar-refractivity contribution is 0.00877. The van der Waals surface area contributed by atoms with E-state index < -0.39 is 5.60 Å². The van der Waals surface area contributed by atoms with Crippen molar-refractivity contribution >= 4 is 22.0 Å². The summed E-state index contributed by atoms with van der Waals surface area (Å²) < 4.78 is 6.67. The molecule has 0 bridgehead atoms. The van der Waals surface area contributed by atoms with Crippen molar-refractivity contribution in [3.63, 3.8) is 0 Å². The smallest absolute Gasteiger partial charge is 0.410 e. The Morgan fingerprint density at radius 1 is 1.38 bits per heavy atom. The van der Waals surface area contributed by atoms with E-state index >= 15 is 0 Å². The van der Waals surface area contributed by atoms with Crippen molar-refractivity contribution in [3.05, 3.63) is 33.8 Å². The van der Waals surface area contributed by atoms with Gasteiger partial charge in [0.05, 0.1) is 6.04 Å². The standard InChI is InChI=1S/C17H24BrNO2/c1-11(2)15-14-7-6-13(18)10-12(14)8-9-19(15)16(20)21-17(3,4)5/h6-7,10-11,15H,8-9H2,1-5H3. The number of fused-ring (bicyclic) bond motifs is 1. The van der Waals surface area contributed by atoms with Crippen molar-refractivity contribution < 1.29 is 9.53 Å². The van der Waals surface area contributed by atoms with Gasteiger partial charge < -0.3 is 9.64 Å². The third kappa shape index (κ3) is 3.79. The fourth-order valence-electron chi connectivity index (χ4n) is 2.87. The Balaban J connectivity index is 2.32. The predicted octanol–water partition coefficient (Wildman–Crippen LogP) is 4.94. The maximum atomic E-state index is 12.5. The minimum atomic E-state index is -0.460. The van der Waals surface area contributed by atoms with Gasteiger partial charge in [0, 0.05) is 11.0 Å². The van der Waals surface area contributed by atoms with Crippen LogP contribution in [0, 0.1) is 5.92 Å². The summed E-state index contributed by atoms with van der Waals surface area (Å²) in [4.78, 5) is 14.4. The van der Waals surface area contributed by atoms with E-state index in [-0.39, 0.29) is 12.1 Å². The summed E-state index contributed by atoms with van der Waals surface area (Å²) in [5, 5.41) is 0. The maximum absolute atomic E-state index is 12.5. The summed E-state index contributed by atoms with van der Waals surface area (Å²) in [6, 6.07) is 6.42. The van der Waals surface area contributed by atoms with Crippen molar-refractivity contribution in [1.82, 2.24) is 4.90 Å². The molecule has 1 amide bonds. The fourth-order valence-corrected chi connectivity index (χ4v) is 3.28. The number of hydrogen-bond donors (Lipinski definition) is 0. The van der Waals surface area contributed by atoms with E-state index in [1.807, 2.05) is 31.7 Å². The van der Waals surface area contributed by atoms with Crippen LogP contribution in [0.15, 0.2) is 22.7 Å². The van der Waals surface area contributed by atoms with E-state index in [0.29, 0.717) is 12.5 Å². The Kier molecular flexibility index (Phi) is 4.66. The molecule has 0 radical (unpaired) electrons. The first-order valence-corrected chi connectivity index (χ1v) is 8.26. The Hall–Kier alpha value is -1.03. The molecule has 1 unspecified atom stereocenters. The van der Waals surface area contributed by atoms with Crippen molar-refractivity contribution in [2.24, 2.45) is 5.92 Å². The molecule has 0 N–H and O–H groups in total. The molecule has 2 rings (SSSR count). The molecular formula is C17H24BrNO2. The second-order valence-electron chi connectivity index (χ2n) is 6.96. The third-order valence-corrected chi connectivity index (χ3v) is 4.13. The molecule has 4 heteroatoms. The van der Waals surface area contributed by atoms with Gasteiger partial charge in [0.1, 0.15) is 5.60 Å². The maximum Gasteiger partial charge on any atom is 0.410 e. The second-order valence-corrected chi connectivity index (χ2v) is 7.87. The summed E-state index contributed by atoms with van der Waals surface area (Å²) in [5.41, 5.74) is 2.10. The lowest BCUT2D eigenvalue weighted by Gasteiger charge is -2.40. The molecule has 116 valence electrons. The van der Waals surface area contributed by atoms with Crippen LogP contribution in [-0.2, 0) is 11.2 Å². The highest BCUT2D eigenvalue weighted by Gasteiger charge is 2.35. The third-order valence-electron chi connectivity index (χ3n) is 3.64. The number of amides is 1. The van der Waals surface area contributed by atoms with Crippen molar-refractivity contribution in [1.29, 1.82) is 0 Å². The van der Waals surface area contributed by atoms with Gasteiger partial charge in [-0.2, -0.15) is 0 Å². The zero-order valence-electron chi connectivity index (χ0n) is 13.4. The van der Waals surface area contributed by atoms with Crippen LogP contribution in [0.1, 0.15) is 51.8 Å². The van der Waals surface area contributed by atoms with Crippen LogP contribution in [-0.4, -0.2) is 23.1 Å². The van der Waals surface area contributed by atoms with E-state index in [1.165, 1.54) is 11.1 Å². The van der Waals surface area contributed by atoms with Gasteiger partial charge in [0.2, 0.25) is 0 Å². The van der Waals surface area contributed by atoms with Gasteiger partial charge in [-0.05, 0) is 56.4 Å². The van der Waals surface area contributed by atoms with Gasteiger partial charge in [-0.1, -0.05) is 35.8 Å². The first-order chi connectivity index (χ1) is 9.69. The number of ether oxygens (including phenoxy) is 1. The van der Waals surface area contributed by atoms with Crippen molar-refractivity contribution in [2.45, 2.75) is 52.7 Å². The van der Waals surface area contributed by atoms with Gasteiger partial charge in [-0.25, -0.2) is 4.79 Å². The molecule has 1 aliphatic rings. The molecule has 1 atom stereocenters. The number of carbonyl (C=O) groups excluding carboxylic acids is 1. The number of rotatable bonds is 1. The minimum Gasteiger partial charge on any atom is -0.444 e. The Morgan fingerprint density at radius 2 is 2.05 bits per heavy atom.